The van der Waals surface area contributed by atoms with E-state index in [0.717, 1.165) is 42.5 Å². The highest BCUT2D eigenvalue weighted by Crippen LogP contribution is 2.37. The minimum absolute atomic E-state index is 0.644. The zero-order valence-electron chi connectivity index (χ0n) is 18.4. The largest absolute Gasteiger partial charge is 0.494 e. The highest BCUT2D eigenvalue weighted by Gasteiger charge is 2.22. The van der Waals surface area contributed by atoms with Crippen LogP contribution < -0.4 is 4.74 Å². The molecule has 3 heteroatoms. The molecule has 0 amide bonds. The van der Waals surface area contributed by atoms with Gasteiger partial charge in [-0.05, 0) is 73.8 Å². The number of rotatable bonds is 11. The van der Waals surface area contributed by atoms with Gasteiger partial charge >= 0.3 is 0 Å². The summed E-state index contributed by atoms with van der Waals surface area (Å²) in [6.45, 7) is 5.24. The van der Waals surface area contributed by atoms with Crippen LogP contribution >= 0.6 is 0 Å². The van der Waals surface area contributed by atoms with Crippen LogP contribution in [0.2, 0.25) is 0 Å². The molecule has 0 unspecified atom stereocenters. The molecule has 1 aliphatic rings. The van der Waals surface area contributed by atoms with Crippen LogP contribution in [0.3, 0.4) is 0 Å². The van der Waals surface area contributed by atoms with Crippen LogP contribution in [-0.2, 0) is 0 Å². The molecule has 1 saturated carbocycles. The second-order valence-electron chi connectivity index (χ2n) is 8.63. The highest BCUT2D eigenvalue weighted by molar-refractivity contribution is 5.56. The first-order valence-electron chi connectivity index (χ1n) is 11.8. The molecule has 29 heavy (non-hydrogen) atoms. The Kier molecular flexibility index (Phi) is 8.98. The average Bonchev–Trinajstić information content (AvgIpc) is 2.78. The van der Waals surface area contributed by atoms with E-state index >= 15 is 0 Å². The van der Waals surface area contributed by atoms with Crippen molar-refractivity contribution in [2.75, 3.05) is 6.61 Å². The van der Waals surface area contributed by atoms with E-state index in [2.05, 4.69) is 48.3 Å². The van der Waals surface area contributed by atoms with Gasteiger partial charge in [-0.25, -0.2) is 9.97 Å². The maximum absolute atomic E-state index is 5.74. The number of hydrogen-bond donors (Lipinski definition) is 0. The Balaban J connectivity index is 1.48. The fourth-order valence-electron chi connectivity index (χ4n) is 4.38. The summed E-state index contributed by atoms with van der Waals surface area (Å²) in [6, 6.07) is 8.15. The molecule has 158 valence electrons. The number of hydrogen-bond acceptors (Lipinski definition) is 3. The minimum Gasteiger partial charge on any atom is -0.494 e. The summed E-state index contributed by atoms with van der Waals surface area (Å²) < 4.78 is 5.74. The second-order valence-corrected chi connectivity index (χ2v) is 8.63. The molecule has 0 radical (unpaired) electrons. The van der Waals surface area contributed by atoms with Crippen LogP contribution in [0.4, 0.5) is 0 Å². The van der Waals surface area contributed by atoms with Gasteiger partial charge in [0, 0.05) is 18.0 Å². The molecule has 2 aromatic rings. The van der Waals surface area contributed by atoms with Crippen LogP contribution in [0.15, 0.2) is 36.7 Å². The molecule has 0 atom stereocenters. The van der Waals surface area contributed by atoms with Gasteiger partial charge in [-0.1, -0.05) is 52.4 Å². The van der Waals surface area contributed by atoms with Gasteiger partial charge in [-0.3, -0.25) is 0 Å². The van der Waals surface area contributed by atoms with Crippen LogP contribution in [0.5, 0.6) is 5.75 Å². The Morgan fingerprint density at radius 2 is 1.52 bits per heavy atom. The number of ether oxygens (including phenoxy) is 1. The van der Waals surface area contributed by atoms with Crippen molar-refractivity contribution in [3.8, 4) is 17.1 Å². The molecule has 0 saturated heterocycles. The molecule has 0 N–H and O–H groups in total. The van der Waals surface area contributed by atoms with Gasteiger partial charge < -0.3 is 4.74 Å². The minimum atomic E-state index is 0.644. The number of unbranched alkanes of at least 4 members (excludes halogenated alkanes) is 4. The molecule has 3 rings (SSSR count). The van der Waals surface area contributed by atoms with E-state index in [0.29, 0.717) is 5.92 Å². The van der Waals surface area contributed by atoms with Gasteiger partial charge in [0.05, 0.1) is 6.61 Å². The fraction of sp³-hybridized carbons (Fsp3) is 0.615. The molecular formula is C26H38N2O. The topological polar surface area (TPSA) is 35.0 Å². The number of benzene rings is 1. The highest BCUT2D eigenvalue weighted by atomic mass is 16.5. The summed E-state index contributed by atoms with van der Waals surface area (Å²) in [5.74, 6) is 3.32. The molecule has 1 heterocycles. The van der Waals surface area contributed by atoms with Gasteiger partial charge in [0.25, 0.3) is 0 Å². The Morgan fingerprint density at radius 1 is 0.828 bits per heavy atom. The molecule has 1 aliphatic carbocycles. The zero-order chi connectivity index (χ0) is 20.3. The third-order valence-electron chi connectivity index (χ3n) is 6.34. The van der Waals surface area contributed by atoms with Crippen molar-refractivity contribution < 1.29 is 4.74 Å². The second kappa shape index (κ2) is 11.9. The van der Waals surface area contributed by atoms with E-state index in [1.54, 1.807) is 0 Å². The molecule has 3 nitrogen and oxygen atoms in total. The van der Waals surface area contributed by atoms with Gasteiger partial charge in [-0.2, -0.15) is 0 Å². The first-order chi connectivity index (χ1) is 14.3. The average molecular weight is 395 g/mol. The van der Waals surface area contributed by atoms with Crippen LogP contribution in [0, 0.1) is 5.92 Å². The van der Waals surface area contributed by atoms with Crippen LogP contribution in [0.1, 0.15) is 96.0 Å². The summed E-state index contributed by atoms with van der Waals surface area (Å²) in [5, 5.41) is 0. The van der Waals surface area contributed by atoms with Crippen molar-refractivity contribution in [1.82, 2.24) is 9.97 Å². The predicted octanol–water partition coefficient (Wildman–Crippen LogP) is 7.57. The summed E-state index contributed by atoms with van der Waals surface area (Å²) in [4.78, 5) is 9.33. The number of nitrogens with zero attached hydrogens (tertiary/aromatic N) is 2. The lowest BCUT2D eigenvalue weighted by Gasteiger charge is -2.28. The Morgan fingerprint density at radius 3 is 2.17 bits per heavy atom. The lowest BCUT2D eigenvalue weighted by molar-refractivity contribution is 0.301. The molecular weight excluding hydrogens is 356 g/mol. The molecule has 0 aliphatic heterocycles. The van der Waals surface area contributed by atoms with Gasteiger partial charge in [0.2, 0.25) is 0 Å². The third kappa shape index (κ3) is 6.83. The van der Waals surface area contributed by atoms with E-state index in [9.17, 15) is 0 Å². The van der Waals surface area contributed by atoms with E-state index in [-0.39, 0.29) is 0 Å². The van der Waals surface area contributed by atoms with E-state index in [1.807, 2.05) is 12.1 Å². The van der Waals surface area contributed by atoms with E-state index < -0.39 is 0 Å². The van der Waals surface area contributed by atoms with Crippen molar-refractivity contribution in [3.63, 3.8) is 0 Å². The summed E-state index contributed by atoms with van der Waals surface area (Å²) in [5.41, 5.74) is 2.37. The fourth-order valence-corrected chi connectivity index (χ4v) is 4.38. The Hall–Kier alpha value is -1.90. The molecule has 1 aromatic heterocycles. The van der Waals surface area contributed by atoms with Gasteiger partial charge in [0.15, 0.2) is 5.82 Å². The summed E-state index contributed by atoms with van der Waals surface area (Å²) in [7, 11) is 0. The summed E-state index contributed by atoms with van der Waals surface area (Å²) in [6.07, 6.45) is 18.7. The first-order valence-corrected chi connectivity index (χ1v) is 11.8. The molecule has 0 spiro atoms. The zero-order valence-corrected chi connectivity index (χ0v) is 18.4. The maximum atomic E-state index is 5.74. The van der Waals surface area contributed by atoms with Gasteiger partial charge in [0.1, 0.15) is 5.75 Å². The normalized spacial score (nSPS) is 19.2. The Labute approximate surface area is 177 Å². The Bertz CT molecular complexity index is 688. The van der Waals surface area contributed by atoms with Crippen LogP contribution in [-0.4, -0.2) is 16.6 Å². The lowest BCUT2D eigenvalue weighted by Crippen LogP contribution is -2.14. The van der Waals surface area contributed by atoms with Gasteiger partial charge in [-0.15, -0.1) is 0 Å². The molecule has 1 aromatic carbocycles. The number of aromatic nitrogens is 2. The van der Waals surface area contributed by atoms with Crippen molar-refractivity contribution in [1.29, 1.82) is 0 Å². The predicted molar refractivity (Wildman–Crippen MR) is 121 cm³/mol. The van der Waals surface area contributed by atoms with E-state index in [4.69, 9.17) is 4.74 Å². The summed E-state index contributed by atoms with van der Waals surface area (Å²) >= 11 is 0. The smallest absolute Gasteiger partial charge is 0.159 e. The van der Waals surface area contributed by atoms with Crippen molar-refractivity contribution in [2.45, 2.75) is 90.4 Å². The monoisotopic (exact) mass is 394 g/mol. The van der Waals surface area contributed by atoms with Crippen molar-refractivity contribution in [3.05, 3.63) is 42.2 Å². The quantitative estimate of drug-likeness (QED) is 0.369. The lowest BCUT2D eigenvalue weighted by atomic mass is 9.77. The van der Waals surface area contributed by atoms with Crippen LogP contribution in [0.25, 0.3) is 11.4 Å². The molecule has 1 fully saturated rings. The molecule has 0 bridgehead atoms. The first kappa shape index (κ1) is 21.8. The standard InChI is InChI=1S/C26H38N2O/c1-3-5-7-8-9-21-10-12-22(13-11-21)24-19-27-26(28-20-24)23-14-16-25(17-15-23)29-18-6-4-2/h14-17,19-22H,3-13,18H2,1-2H3. The third-order valence-corrected chi connectivity index (χ3v) is 6.34. The maximum Gasteiger partial charge on any atom is 0.159 e. The van der Waals surface area contributed by atoms with E-state index in [1.165, 1.54) is 63.4 Å². The van der Waals surface area contributed by atoms with Crippen molar-refractivity contribution in [2.24, 2.45) is 5.92 Å². The SMILES string of the molecule is CCCCCCC1CCC(c2cnc(-c3ccc(OCCCC)cc3)nc2)CC1. The van der Waals surface area contributed by atoms with Crippen molar-refractivity contribution >= 4 is 0 Å².